The Balaban J connectivity index is 1.96. The maximum atomic E-state index is 6.45. The zero-order chi connectivity index (χ0) is 14.8. The minimum Gasteiger partial charge on any atom is -0.304 e. The molecule has 1 aromatic carbocycles. The average molecular weight is 386 g/mol. The minimum absolute atomic E-state index is 0.0983. The van der Waals surface area contributed by atoms with Gasteiger partial charge in [0.25, 0.3) is 0 Å². The third-order valence-electron chi connectivity index (χ3n) is 3.73. The molecular weight excluding hydrogens is 368 g/mol. The first kappa shape index (κ1) is 15.5. The van der Waals surface area contributed by atoms with Crippen molar-refractivity contribution in [2.75, 3.05) is 6.54 Å². The van der Waals surface area contributed by atoms with Gasteiger partial charge < -0.3 is 5.32 Å². The number of halogens is 2. The second kappa shape index (κ2) is 6.78. The van der Waals surface area contributed by atoms with Gasteiger partial charge in [0, 0.05) is 14.4 Å². The SMILES string of the molecule is CCCNC(c1nc2c(s1)CCC2)c1ccc(Br)cc1Cl. The van der Waals surface area contributed by atoms with E-state index in [0.29, 0.717) is 0 Å². The normalized spacial score (nSPS) is 15.2. The molecule has 1 aliphatic rings. The van der Waals surface area contributed by atoms with Crippen LogP contribution in [-0.4, -0.2) is 11.5 Å². The fraction of sp³-hybridized carbons (Fsp3) is 0.438. The van der Waals surface area contributed by atoms with Gasteiger partial charge in [0.15, 0.2) is 0 Å². The maximum Gasteiger partial charge on any atom is 0.115 e. The van der Waals surface area contributed by atoms with Crippen molar-refractivity contribution in [1.82, 2.24) is 10.3 Å². The Morgan fingerprint density at radius 2 is 2.29 bits per heavy atom. The Bertz CT molecular complexity index is 620. The predicted molar refractivity (Wildman–Crippen MR) is 93.4 cm³/mol. The van der Waals surface area contributed by atoms with E-state index in [4.69, 9.17) is 16.6 Å². The van der Waals surface area contributed by atoms with Gasteiger partial charge in [-0.25, -0.2) is 4.98 Å². The number of thiazole rings is 1. The number of rotatable bonds is 5. The van der Waals surface area contributed by atoms with Crippen LogP contribution in [0.1, 0.15) is 46.9 Å². The van der Waals surface area contributed by atoms with Crippen LogP contribution in [0.4, 0.5) is 0 Å². The zero-order valence-electron chi connectivity index (χ0n) is 12.0. The number of nitrogens with one attached hydrogen (secondary N) is 1. The summed E-state index contributed by atoms with van der Waals surface area (Å²) in [7, 11) is 0. The molecule has 1 heterocycles. The largest absolute Gasteiger partial charge is 0.304 e. The van der Waals surface area contributed by atoms with Gasteiger partial charge in [0.1, 0.15) is 5.01 Å². The van der Waals surface area contributed by atoms with E-state index in [-0.39, 0.29) is 6.04 Å². The number of hydrogen-bond donors (Lipinski definition) is 1. The molecule has 1 atom stereocenters. The molecule has 1 aromatic heterocycles. The summed E-state index contributed by atoms with van der Waals surface area (Å²) in [4.78, 5) is 6.33. The highest BCUT2D eigenvalue weighted by atomic mass is 79.9. The van der Waals surface area contributed by atoms with E-state index < -0.39 is 0 Å². The molecule has 2 aromatic rings. The van der Waals surface area contributed by atoms with E-state index in [9.17, 15) is 0 Å². The highest BCUT2D eigenvalue weighted by Gasteiger charge is 2.24. The summed E-state index contributed by atoms with van der Waals surface area (Å²) in [6.45, 7) is 3.14. The van der Waals surface area contributed by atoms with Crippen molar-refractivity contribution in [2.45, 2.75) is 38.6 Å². The predicted octanol–water partition coefficient (Wildman–Crippen LogP) is 5.14. The van der Waals surface area contributed by atoms with Crippen LogP contribution in [0.25, 0.3) is 0 Å². The van der Waals surface area contributed by atoms with Crippen molar-refractivity contribution in [2.24, 2.45) is 0 Å². The number of nitrogens with zero attached hydrogens (tertiary/aromatic N) is 1. The molecule has 0 fully saturated rings. The van der Waals surface area contributed by atoms with Crippen molar-refractivity contribution in [1.29, 1.82) is 0 Å². The van der Waals surface area contributed by atoms with Crippen LogP contribution in [0.15, 0.2) is 22.7 Å². The minimum atomic E-state index is 0.0983. The summed E-state index contributed by atoms with van der Waals surface area (Å²) in [6, 6.07) is 6.19. The van der Waals surface area contributed by atoms with Crippen molar-refractivity contribution >= 4 is 38.9 Å². The van der Waals surface area contributed by atoms with Crippen LogP contribution in [0, 0.1) is 0 Å². The first-order chi connectivity index (χ1) is 10.2. The fourth-order valence-corrected chi connectivity index (χ4v) is 4.72. The lowest BCUT2D eigenvalue weighted by atomic mass is 10.1. The Morgan fingerprint density at radius 1 is 1.43 bits per heavy atom. The smallest absolute Gasteiger partial charge is 0.115 e. The molecule has 112 valence electrons. The van der Waals surface area contributed by atoms with Crippen LogP contribution < -0.4 is 5.32 Å². The van der Waals surface area contributed by atoms with Crippen LogP contribution in [0.3, 0.4) is 0 Å². The summed E-state index contributed by atoms with van der Waals surface area (Å²) >= 11 is 11.8. The van der Waals surface area contributed by atoms with Crippen molar-refractivity contribution in [3.8, 4) is 0 Å². The first-order valence-electron chi connectivity index (χ1n) is 7.36. The van der Waals surface area contributed by atoms with E-state index in [2.05, 4.69) is 34.2 Å². The Labute approximate surface area is 143 Å². The van der Waals surface area contributed by atoms with Crippen molar-refractivity contribution < 1.29 is 0 Å². The summed E-state index contributed by atoms with van der Waals surface area (Å²) in [5, 5.41) is 5.54. The average Bonchev–Trinajstić information content (AvgIpc) is 3.02. The third kappa shape index (κ3) is 3.34. The van der Waals surface area contributed by atoms with Gasteiger partial charge >= 0.3 is 0 Å². The molecular formula is C16H18BrClN2S. The topological polar surface area (TPSA) is 24.9 Å². The molecule has 3 rings (SSSR count). The highest BCUT2D eigenvalue weighted by molar-refractivity contribution is 9.10. The fourth-order valence-electron chi connectivity index (χ4n) is 2.69. The molecule has 0 amide bonds. The van der Waals surface area contributed by atoms with Gasteiger partial charge in [-0.1, -0.05) is 40.5 Å². The molecule has 0 spiro atoms. The molecule has 0 bridgehead atoms. The molecule has 1 N–H and O–H groups in total. The van der Waals surface area contributed by atoms with Gasteiger partial charge in [0.2, 0.25) is 0 Å². The van der Waals surface area contributed by atoms with E-state index in [1.165, 1.54) is 23.4 Å². The van der Waals surface area contributed by atoms with Crippen molar-refractivity contribution in [3.63, 3.8) is 0 Å². The maximum absolute atomic E-state index is 6.45. The van der Waals surface area contributed by atoms with E-state index in [1.54, 1.807) is 0 Å². The molecule has 0 aliphatic heterocycles. The summed E-state index contributed by atoms with van der Waals surface area (Å²) in [6.07, 6.45) is 4.65. The second-order valence-electron chi connectivity index (χ2n) is 5.33. The zero-order valence-corrected chi connectivity index (χ0v) is 15.1. The summed E-state index contributed by atoms with van der Waals surface area (Å²) < 4.78 is 1.01. The van der Waals surface area contributed by atoms with Crippen LogP contribution in [0.5, 0.6) is 0 Å². The molecule has 1 unspecified atom stereocenters. The Morgan fingerprint density at radius 3 is 3.00 bits per heavy atom. The monoisotopic (exact) mass is 384 g/mol. The quantitative estimate of drug-likeness (QED) is 0.771. The van der Waals surface area contributed by atoms with Gasteiger partial charge in [0.05, 0.1) is 11.7 Å². The molecule has 0 saturated heterocycles. The lowest BCUT2D eigenvalue weighted by molar-refractivity contribution is 0.594. The van der Waals surface area contributed by atoms with Gasteiger partial charge in [-0.2, -0.15) is 0 Å². The lowest BCUT2D eigenvalue weighted by Gasteiger charge is -2.18. The van der Waals surface area contributed by atoms with Crippen LogP contribution in [0.2, 0.25) is 5.02 Å². The number of hydrogen-bond acceptors (Lipinski definition) is 3. The number of aryl methyl sites for hydroxylation is 2. The molecule has 0 radical (unpaired) electrons. The first-order valence-corrected chi connectivity index (χ1v) is 9.34. The molecule has 1 aliphatic carbocycles. The summed E-state index contributed by atoms with van der Waals surface area (Å²) in [5.41, 5.74) is 2.41. The number of fused-ring (bicyclic) bond motifs is 1. The highest BCUT2D eigenvalue weighted by Crippen LogP contribution is 2.36. The van der Waals surface area contributed by atoms with Gasteiger partial charge in [-0.05, 0) is 49.9 Å². The molecule has 2 nitrogen and oxygen atoms in total. The second-order valence-corrected chi connectivity index (χ2v) is 7.77. The molecule has 21 heavy (non-hydrogen) atoms. The third-order valence-corrected chi connectivity index (χ3v) is 5.77. The van der Waals surface area contributed by atoms with Crippen LogP contribution >= 0.6 is 38.9 Å². The number of aromatic nitrogens is 1. The van der Waals surface area contributed by atoms with E-state index >= 15 is 0 Å². The Hall–Kier alpha value is -0.420. The lowest BCUT2D eigenvalue weighted by Crippen LogP contribution is -2.23. The van der Waals surface area contributed by atoms with E-state index in [0.717, 1.165) is 39.5 Å². The molecule has 0 saturated carbocycles. The van der Waals surface area contributed by atoms with E-state index in [1.807, 2.05) is 23.5 Å². The number of benzene rings is 1. The molecule has 5 heteroatoms. The Kier molecular flexibility index (Phi) is 4.99. The standard InChI is InChI=1S/C16H18BrClN2S/c1-2-8-19-15(11-7-6-10(17)9-12(11)18)16-20-13-4-3-5-14(13)21-16/h6-7,9,15,19H,2-5,8H2,1H3. The van der Waals surface area contributed by atoms with Gasteiger partial charge in [-0.15, -0.1) is 11.3 Å². The summed E-state index contributed by atoms with van der Waals surface area (Å²) in [5.74, 6) is 0. The van der Waals surface area contributed by atoms with Gasteiger partial charge in [-0.3, -0.25) is 0 Å². The van der Waals surface area contributed by atoms with Crippen LogP contribution in [-0.2, 0) is 12.8 Å². The van der Waals surface area contributed by atoms with Crippen molar-refractivity contribution in [3.05, 3.63) is 48.8 Å².